The molecule has 1 fully saturated rings. The Kier molecular flexibility index (Phi) is 5.30. The number of hydrogen-bond donors (Lipinski definition) is 0. The van der Waals surface area contributed by atoms with Gasteiger partial charge in [0.05, 0.1) is 20.0 Å². The molecule has 0 aromatic heterocycles. The van der Waals surface area contributed by atoms with E-state index in [9.17, 15) is 4.79 Å². The Labute approximate surface area is 146 Å². The fourth-order valence-corrected chi connectivity index (χ4v) is 4.09. The first-order valence-electron chi connectivity index (χ1n) is 7.90. The van der Waals surface area contributed by atoms with Crippen LogP contribution in [0.25, 0.3) is 0 Å². The SMILES string of the molecule is COc1ccc(CCN2C(=O)CSC2c2ccccc2)cc1OC. The number of hydrogen-bond acceptors (Lipinski definition) is 4. The highest BCUT2D eigenvalue weighted by molar-refractivity contribution is 8.00. The highest BCUT2D eigenvalue weighted by atomic mass is 32.2. The minimum Gasteiger partial charge on any atom is -0.493 e. The van der Waals surface area contributed by atoms with Crippen molar-refractivity contribution in [3.05, 3.63) is 59.7 Å². The molecule has 1 aliphatic rings. The van der Waals surface area contributed by atoms with Gasteiger partial charge in [-0.2, -0.15) is 0 Å². The Bertz CT molecular complexity index is 705. The molecule has 126 valence electrons. The van der Waals surface area contributed by atoms with Crippen molar-refractivity contribution in [1.82, 2.24) is 4.90 Å². The van der Waals surface area contributed by atoms with Gasteiger partial charge in [0.15, 0.2) is 11.5 Å². The summed E-state index contributed by atoms with van der Waals surface area (Å²) in [5.41, 5.74) is 2.31. The molecule has 0 saturated carbocycles. The Morgan fingerprint density at radius 2 is 1.83 bits per heavy atom. The monoisotopic (exact) mass is 343 g/mol. The summed E-state index contributed by atoms with van der Waals surface area (Å²) in [4.78, 5) is 14.2. The molecule has 5 heteroatoms. The van der Waals surface area contributed by atoms with Crippen LogP contribution in [0.1, 0.15) is 16.5 Å². The number of amides is 1. The average molecular weight is 343 g/mol. The number of rotatable bonds is 6. The van der Waals surface area contributed by atoms with Crippen LogP contribution in [0.4, 0.5) is 0 Å². The maximum absolute atomic E-state index is 12.3. The van der Waals surface area contributed by atoms with E-state index < -0.39 is 0 Å². The first kappa shape index (κ1) is 16.7. The van der Waals surface area contributed by atoms with Crippen LogP contribution < -0.4 is 9.47 Å². The molecule has 2 aromatic rings. The van der Waals surface area contributed by atoms with E-state index in [2.05, 4.69) is 12.1 Å². The van der Waals surface area contributed by atoms with E-state index in [-0.39, 0.29) is 11.3 Å². The van der Waals surface area contributed by atoms with Crippen molar-refractivity contribution in [3.63, 3.8) is 0 Å². The van der Waals surface area contributed by atoms with Gasteiger partial charge in [-0.15, -0.1) is 11.8 Å². The molecule has 1 unspecified atom stereocenters. The zero-order chi connectivity index (χ0) is 16.9. The van der Waals surface area contributed by atoms with Crippen molar-refractivity contribution in [3.8, 4) is 11.5 Å². The van der Waals surface area contributed by atoms with Crippen LogP contribution in [0.3, 0.4) is 0 Å². The van der Waals surface area contributed by atoms with Crippen LogP contribution in [0.5, 0.6) is 11.5 Å². The van der Waals surface area contributed by atoms with Crippen LogP contribution in [0, 0.1) is 0 Å². The summed E-state index contributed by atoms with van der Waals surface area (Å²) in [7, 11) is 3.26. The van der Waals surface area contributed by atoms with Gasteiger partial charge >= 0.3 is 0 Å². The van der Waals surface area contributed by atoms with Gasteiger partial charge in [0.2, 0.25) is 5.91 Å². The summed E-state index contributed by atoms with van der Waals surface area (Å²) in [6.45, 7) is 0.695. The van der Waals surface area contributed by atoms with Gasteiger partial charge in [0.25, 0.3) is 0 Å². The first-order valence-corrected chi connectivity index (χ1v) is 8.94. The fourth-order valence-electron chi connectivity index (χ4n) is 2.88. The number of thioether (sulfide) groups is 1. The van der Waals surface area contributed by atoms with Crippen molar-refractivity contribution in [2.75, 3.05) is 26.5 Å². The molecule has 2 aromatic carbocycles. The molecule has 1 amide bonds. The second-order valence-electron chi connectivity index (χ2n) is 5.60. The Morgan fingerprint density at radius 3 is 2.54 bits per heavy atom. The van der Waals surface area contributed by atoms with Crippen molar-refractivity contribution >= 4 is 17.7 Å². The third-order valence-electron chi connectivity index (χ3n) is 4.14. The Hall–Kier alpha value is -2.14. The molecule has 0 radical (unpaired) electrons. The lowest BCUT2D eigenvalue weighted by atomic mass is 10.1. The van der Waals surface area contributed by atoms with Crippen molar-refractivity contribution in [2.24, 2.45) is 0 Å². The summed E-state index contributed by atoms with van der Waals surface area (Å²) >= 11 is 1.69. The lowest BCUT2D eigenvalue weighted by molar-refractivity contribution is -0.128. The van der Waals surface area contributed by atoms with Crippen LogP contribution in [0.2, 0.25) is 0 Å². The van der Waals surface area contributed by atoms with Crippen molar-refractivity contribution < 1.29 is 14.3 Å². The van der Waals surface area contributed by atoms with Gasteiger partial charge in [-0.3, -0.25) is 4.79 Å². The zero-order valence-corrected chi connectivity index (χ0v) is 14.7. The summed E-state index contributed by atoms with van der Waals surface area (Å²) in [5.74, 6) is 2.19. The molecular formula is C19H21NO3S. The fraction of sp³-hybridized carbons (Fsp3) is 0.316. The van der Waals surface area contributed by atoms with Crippen molar-refractivity contribution in [2.45, 2.75) is 11.8 Å². The van der Waals surface area contributed by atoms with Gasteiger partial charge < -0.3 is 14.4 Å². The lowest BCUT2D eigenvalue weighted by Crippen LogP contribution is -2.30. The molecule has 0 spiro atoms. The predicted molar refractivity (Wildman–Crippen MR) is 96.6 cm³/mol. The molecule has 0 N–H and O–H groups in total. The molecule has 1 aliphatic heterocycles. The van der Waals surface area contributed by atoms with E-state index in [4.69, 9.17) is 9.47 Å². The largest absolute Gasteiger partial charge is 0.493 e. The molecule has 24 heavy (non-hydrogen) atoms. The number of benzene rings is 2. The Balaban J connectivity index is 1.71. The zero-order valence-electron chi connectivity index (χ0n) is 13.9. The highest BCUT2D eigenvalue weighted by Gasteiger charge is 2.32. The van der Waals surface area contributed by atoms with Gasteiger partial charge in [-0.05, 0) is 29.7 Å². The number of nitrogens with zero attached hydrogens (tertiary/aromatic N) is 1. The minimum absolute atomic E-state index is 0.110. The van der Waals surface area contributed by atoms with Gasteiger partial charge in [-0.1, -0.05) is 36.4 Å². The highest BCUT2D eigenvalue weighted by Crippen LogP contribution is 2.38. The van der Waals surface area contributed by atoms with Gasteiger partial charge in [0, 0.05) is 6.54 Å². The van der Waals surface area contributed by atoms with Crippen molar-refractivity contribution in [1.29, 1.82) is 0 Å². The third-order valence-corrected chi connectivity index (χ3v) is 5.40. The maximum Gasteiger partial charge on any atom is 0.233 e. The first-order chi connectivity index (χ1) is 11.7. The normalized spacial score (nSPS) is 17.2. The molecule has 0 aliphatic carbocycles. The summed E-state index contributed by atoms with van der Waals surface area (Å²) in [6.07, 6.45) is 0.788. The van der Waals surface area contributed by atoms with E-state index in [0.29, 0.717) is 12.3 Å². The molecular weight excluding hydrogens is 322 g/mol. The van der Waals surface area contributed by atoms with Crippen LogP contribution in [-0.4, -0.2) is 37.3 Å². The summed E-state index contributed by atoms with van der Waals surface area (Å²) < 4.78 is 10.6. The molecule has 1 atom stereocenters. The summed E-state index contributed by atoms with van der Waals surface area (Å²) in [5, 5.41) is 0.110. The number of methoxy groups -OCH3 is 2. The standard InChI is InChI=1S/C19H21NO3S/c1-22-16-9-8-14(12-17(16)23-2)10-11-20-18(21)13-24-19(20)15-6-4-3-5-7-15/h3-9,12,19H,10-11,13H2,1-2H3. The van der Waals surface area contributed by atoms with Gasteiger partial charge in [0.1, 0.15) is 5.37 Å². The van der Waals surface area contributed by atoms with Crippen LogP contribution in [0.15, 0.2) is 48.5 Å². The van der Waals surface area contributed by atoms with E-state index in [1.807, 2.05) is 41.3 Å². The molecule has 1 saturated heterocycles. The molecule has 4 nitrogen and oxygen atoms in total. The predicted octanol–water partition coefficient (Wildman–Crippen LogP) is 3.52. The number of carbonyl (C=O) groups excluding carboxylic acids is 1. The second-order valence-corrected chi connectivity index (χ2v) is 6.67. The number of ether oxygens (including phenoxy) is 2. The molecule has 1 heterocycles. The smallest absolute Gasteiger partial charge is 0.233 e. The summed E-state index contributed by atoms with van der Waals surface area (Å²) in [6, 6.07) is 16.1. The maximum atomic E-state index is 12.3. The molecule has 3 rings (SSSR count). The third kappa shape index (κ3) is 3.51. The quantitative estimate of drug-likeness (QED) is 0.804. The average Bonchev–Trinajstić information content (AvgIpc) is 3.01. The van der Waals surface area contributed by atoms with E-state index >= 15 is 0 Å². The second kappa shape index (κ2) is 7.62. The van der Waals surface area contributed by atoms with Crippen LogP contribution >= 0.6 is 11.8 Å². The number of carbonyl (C=O) groups is 1. The van der Waals surface area contributed by atoms with E-state index in [1.165, 1.54) is 5.56 Å². The lowest BCUT2D eigenvalue weighted by Gasteiger charge is -2.24. The van der Waals surface area contributed by atoms with E-state index in [1.54, 1.807) is 26.0 Å². The van der Waals surface area contributed by atoms with E-state index in [0.717, 1.165) is 23.5 Å². The topological polar surface area (TPSA) is 38.8 Å². The van der Waals surface area contributed by atoms with Gasteiger partial charge in [-0.25, -0.2) is 0 Å². The Morgan fingerprint density at radius 1 is 1.08 bits per heavy atom. The van der Waals surface area contributed by atoms with Crippen LogP contribution in [-0.2, 0) is 11.2 Å². The molecule has 0 bridgehead atoms. The minimum atomic E-state index is 0.110.